The molecule has 1 atom stereocenters. The molecular weight excluding hydrogens is 160 g/mol. The van der Waals surface area contributed by atoms with Crippen LogP contribution in [0.1, 0.15) is 19.3 Å². The summed E-state index contributed by atoms with van der Waals surface area (Å²) in [6.45, 7) is 3.50. The molecule has 0 aromatic rings. The van der Waals surface area contributed by atoms with Crippen LogP contribution in [0, 0.1) is 5.92 Å². The third-order valence-electron chi connectivity index (χ3n) is 3.04. The molecule has 0 aromatic heterocycles. The van der Waals surface area contributed by atoms with Crippen LogP contribution in [0.5, 0.6) is 0 Å². The van der Waals surface area contributed by atoms with E-state index >= 15 is 0 Å². The molecule has 0 saturated carbocycles. The average Bonchev–Trinajstić information content (AvgIpc) is 2.06. The van der Waals surface area contributed by atoms with E-state index in [0.29, 0.717) is 0 Å². The quantitative estimate of drug-likeness (QED) is 0.642. The van der Waals surface area contributed by atoms with E-state index in [1.807, 2.05) is 0 Å². The van der Waals surface area contributed by atoms with Crippen LogP contribution in [0.15, 0.2) is 0 Å². The van der Waals surface area contributed by atoms with Crippen LogP contribution in [0.3, 0.4) is 0 Å². The smallest absolute Gasteiger partial charge is 0.0221 e. The van der Waals surface area contributed by atoms with Gasteiger partial charge in [0.25, 0.3) is 0 Å². The lowest BCUT2D eigenvalue weighted by Gasteiger charge is -2.45. The second-order valence-corrected chi connectivity index (χ2v) is 3.60. The largest absolute Gasteiger partial charge is 0.329 e. The molecule has 2 nitrogen and oxygen atoms in total. The molecule has 11 heavy (non-hydrogen) atoms. The topological polar surface area (TPSA) is 29.3 Å². The van der Waals surface area contributed by atoms with Crippen molar-refractivity contribution in [1.82, 2.24) is 4.90 Å². The highest BCUT2D eigenvalue weighted by atomic mass is 35.5. The van der Waals surface area contributed by atoms with Crippen molar-refractivity contribution in [2.24, 2.45) is 11.7 Å². The molecule has 2 bridgehead atoms. The summed E-state index contributed by atoms with van der Waals surface area (Å²) in [5.74, 6) is 1.01. The second kappa shape index (κ2) is 3.74. The molecule has 1 unspecified atom stereocenters. The Labute approximate surface area is 74.5 Å². The number of hydrogen-bond donors (Lipinski definition) is 1. The first-order valence-corrected chi connectivity index (χ1v) is 4.34. The molecule has 0 radical (unpaired) electrons. The summed E-state index contributed by atoms with van der Waals surface area (Å²) < 4.78 is 0. The van der Waals surface area contributed by atoms with E-state index in [4.69, 9.17) is 5.73 Å². The molecule has 0 aromatic carbocycles. The van der Waals surface area contributed by atoms with Gasteiger partial charge in [-0.2, -0.15) is 0 Å². The lowest BCUT2D eigenvalue weighted by Crippen LogP contribution is -2.51. The summed E-state index contributed by atoms with van der Waals surface area (Å²) in [7, 11) is 0. The molecule has 0 amide bonds. The number of nitrogens with two attached hydrogens (primary N) is 1. The lowest BCUT2D eigenvalue weighted by molar-refractivity contribution is 0.0542. The number of nitrogens with zero attached hydrogens (tertiary/aromatic N) is 1. The minimum Gasteiger partial charge on any atom is -0.329 e. The third kappa shape index (κ3) is 1.68. The van der Waals surface area contributed by atoms with Crippen molar-refractivity contribution in [2.45, 2.75) is 25.3 Å². The first-order chi connectivity index (χ1) is 4.90. The molecule has 3 aliphatic rings. The molecular formula is C8H17ClN2. The summed E-state index contributed by atoms with van der Waals surface area (Å²) in [5.41, 5.74) is 5.65. The van der Waals surface area contributed by atoms with Crippen molar-refractivity contribution < 1.29 is 0 Å². The van der Waals surface area contributed by atoms with Crippen molar-refractivity contribution >= 4 is 12.4 Å². The first-order valence-electron chi connectivity index (χ1n) is 4.34. The van der Waals surface area contributed by atoms with E-state index in [1.165, 1.54) is 32.4 Å². The Balaban J connectivity index is 0.000000605. The van der Waals surface area contributed by atoms with Crippen LogP contribution in [0.25, 0.3) is 0 Å². The highest BCUT2D eigenvalue weighted by Gasteiger charge is 2.32. The minimum absolute atomic E-state index is 0. The fourth-order valence-electron chi connectivity index (χ4n) is 2.33. The van der Waals surface area contributed by atoms with Gasteiger partial charge in [-0.15, -0.1) is 12.4 Å². The monoisotopic (exact) mass is 176 g/mol. The summed E-state index contributed by atoms with van der Waals surface area (Å²) in [6, 6.07) is 0.729. The molecule has 66 valence electrons. The molecule has 3 rings (SSSR count). The van der Waals surface area contributed by atoms with Gasteiger partial charge in [-0.1, -0.05) is 0 Å². The average molecular weight is 177 g/mol. The van der Waals surface area contributed by atoms with Gasteiger partial charge in [-0.3, -0.25) is 4.90 Å². The van der Waals surface area contributed by atoms with Gasteiger partial charge < -0.3 is 5.73 Å². The van der Waals surface area contributed by atoms with Crippen LogP contribution in [0.2, 0.25) is 0 Å². The molecule has 3 aliphatic heterocycles. The zero-order chi connectivity index (χ0) is 6.97. The van der Waals surface area contributed by atoms with E-state index in [1.54, 1.807) is 0 Å². The van der Waals surface area contributed by atoms with Crippen molar-refractivity contribution in [3.8, 4) is 0 Å². The normalized spacial score (nSPS) is 41.7. The third-order valence-corrected chi connectivity index (χ3v) is 3.04. The van der Waals surface area contributed by atoms with Crippen molar-refractivity contribution in [3.05, 3.63) is 0 Å². The molecule has 3 heterocycles. The second-order valence-electron chi connectivity index (χ2n) is 3.60. The van der Waals surface area contributed by atoms with Crippen molar-refractivity contribution in [2.75, 3.05) is 19.6 Å². The standard InChI is InChI=1S/C8H16N2.ClH/c9-6-8-5-7-1-3-10(8)4-2-7;/h7-8H,1-6,9H2;1H. The van der Waals surface area contributed by atoms with Gasteiger partial charge in [0.05, 0.1) is 0 Å². The Hall–Kier alpha value is 0.210. The van der Waals surface area contributed by atoms with Crippen LogP contribution < -0.4 is 5.73 Å². The Bertz CT molecular complexity index is 121. The maximum absolute atomic E-state index is 5.65. The van der Waals surface area contributed by atoms with E-state index in [-0.39, 0.29) is 12.4 Å². The highest BCUT2D eigenvalue weighted by Crippen LogP contribution is 2.30. The van der Waals surface area contributed by atoms with Gasteiger partial charge in [0, 0.05) is 12.6 Å². The van der Waals surface area contributed by atoms with Gasteiger partial charge >= 0.3 is 0 Å². The summed E-state index contributed by atoms with van der Waals surface area (Å²) in [6.07, 6.45) is 4.23. The number of piperidine rings is 3. The van der Waals surface area contributed by atoms with Crippen LogP contribution in [-0.4, -0.2) is 30.6 Å². The van der Waals surface area contributed by atoms with Crippen LogP contribution in [-0.2, 0) is 0 Å². The number of fused-ring (bicyclic) bond motifs is 3. The zero-order valence-corrected chi connectivity index (χ0v) is 7.65. The van der Waals surface area contributed by atoms with Gasteiger partial charge in [0.2, 0.25) is 0 Å². The Morgan fingerprint density at radius 3 is 2.18 bits per heavy atom. The fraction of sp³-hybridized carbons (Fsp3) is 1.00. The number of halogens is 1. The van der Waals surface area contributed by atoms with Gasteiger partial charge in [-0.25, -0.2) is 0 Å². The molecule has 3 saturated heterocycles. The molecule has 3 fully saturated rings. The molecule has 2 N–H and O–H groups in total. The summed E-state index contributed by atoms with van der Waals surface area (Å²) in [5, 5.41) is 0. The van der Waals surface area contributed by atoms with Gasteiger partial charge in [0.15, 0.2) is 0 Å². The molecule has 0 aliphatic carbocycles. The lowest BCUT2D eigenvalue weighted by atomic mass is 9.83. The summed E-state index contributed by atoms with van der Waals surface area (Å²) in [4.78, 5) is 2.56. The van der Waals surface area contributed by atoms with Crippen molar-refractivity contribution in [3.63, 3.8) is 0 Å². The van der Waals surface area contributed by atoms with E-state index in [0.717, 1.165) is 18.5 Å². The number of hydrogen-bond acceptors (Lipinski definition) is 2. The Kier molecular flexibility index (Phi) is 3.16. The highest BCUT2D eigenvalue weighted by molar-refractivity contribution is 5.85. The van der Waals surface area contributed by atoms with E-state index < -0.39 is 0 Å². The SMILES string of the molecule is Cl.NCC1CC2CCN1CC2. The summed E-state index contributed by atoms with van der Waals surface area (Å²) >= 11 is 0. The fourth-order valence-corrected chi connectivity index (χ4v) is 2.33. The van der Waals surface area contributed by atoms with Crippen molar-refractivity contribution in [1.29, 1.82) is 0 Å². The van der Waals surface area contributed by atoms with E-state index in [2.05, 4.69) is 4.90 Å². The minimum atomic E-state index is 0. The van der Waals surface area contributed by atoms with Gasteiger partial charge in [-0.05, 0) is 38.3 Å². The number of rotatable bonds is 1. The van der Waals surface area contributed by atoms with Crippen LogP contribution in [0.4, 0.5) is 0 Å². The predicted molar refractivity (Wildman–Crippen MR) is 49.0 cm³/mol. The zero-order valence-electron chi connectivity index (χ0n) is 6.83. The Morgan fingerprint density at radius 1 is 1.27 bits per heavy atom. The van der Waals surface area contributed by atoms with Crippen LogP contribution >= 0.6 is 12.4 Å². The Morgan fingerprint density at radius 2 is 1.91 bits per heavy atom. The molecule has 3 heteroatoms. The maximum Gasteiger partial charge on any atom is 0.0221 e. The first kappa shape index (κ1) is 9.30. The molecule has 0 spiro atoms. The maximum atomic E-state index is 5.65. The predicted octanol–water partition coefficient (Wildman–Crippen LogP) is 0.851. The van der Waals surface area contributed by atoms with E-state index in [9.17, 15) is 0 Å². The van der Waals surface area contributed by atoms with Gasteiger partial charge in [0.1, 0.15) is 0 Å².